The molecule has 0 aromatic rings. The molecule has 2 unspecified atom stereocenters. The molecule has 7 heteroatoms. The zero-order valence-electron chi connectivity index (χ0n) is 5.65. The SMILES string of the molecule is OC12CNC(CN1)SS2(O)O. The molecule has 3 fully saturated rings. The third-order valence-electron chi connectivity index (χ3n) is 1.82. The molecule has 3 saturated heterocycles. The molecule has 3 rings (SSSR count). The maximum absolute atomic E-state index is 9.59. The molecule has 0 aromatic heterocycles. The monoisotopic (exact) mass is 198 g/mol. The second-order valence-electron chi connectivity index (χ2n) is 2.63. The first kappa shape index (κ1) is 8.11. The van der Waals surface area contributed by atoms with Crippen molar-refractivity contribution >= 4 is 20.4 Å². The summed E-state index contributed by atoms with van der Waals surface area (Å²) in [5, 5.41) is 13.7. The Labute approximate surface area is 69.3 Å². The molecule has 0 amide bonds. The van der Waals surface area contributed by atoms with Crippen LogP contribution in [0.25, 0.3) is 0 Å². The van der Waals surface area contributed by atoms with Gasteiger partial charge in [-0.25, -0.2) is 0 Å². The van der Waals surface area contributed by atoms with Crippen LogP contribution in [0.15, 0.2) is 0 Å². The lowest BCUT2D eigenvalue weighted by atomic mass is 10.4. The normalized spacial score (nSPS) is 50.6. The Morgan fingerprint density at radius 2 is 2.27 bits per heavy atom. The van der Waals surface area contributed by atoms with Crippen LogP contribution in [0, 0.1) is 0 Å². The summed E-state index contributed by atoms with van der Waals surface area (Å²) < 4.78 is 18.7. The van der Waals surface area contributed by atoms with Crippen LogP contribution in [-0.4, -0.2) is 37.7 Å². The minimum Gasteiger partial charge on any atom is -0.358 e. The molecule has 11 heavy (non-hydrogen) atoms. The Balaban J connectivity index is 2.27. The summed E-state index contributed by atoms with van der Waals surface area (Å²) in [6.07, 6.45) is 0. The first-order valence-corrected chi connectivity index (χ1v) is 6.15. The second-order valence-corrected chi connectivity index (χ2v) is 7.03. The van der Waals surface area contributed by atoms with Gasteiger partial charge in [0.2, 0.25) is 5.06 Å². The average Bonchev–Trinajstić information content (AvgIpc) is 1.91. The van der Waals surface area contributed by atoms with Gasteiger partial charge in [0.15, 0.2) is 0 Å². The zero-order valence-corrected chi connectivity index (χ0v) is 7.28. The molecule has 0 aliphatic carbocycles. The lowest BCUT2D eigenvalue weighted by Crippen LogP contribution is -2.67. The Kier molecular flexibility index (Phi) is 1.66. The van der Waals surface area contributed by atoms with Gasteiger partial charge in [-0.3, -0.25) is 19.7 Å². The number of piperazine rings is 1. The van der Waals surface area contributed by atoms with E-state index < -0.39 is 14.7 Å². The minimum atomic E-state index is -2.92. The van der Waals surface area contributed by atoms with Gasteiger partial charge in [0.25, 0.3) is 0 Å². The van der Waals surface area contributed by atoms with Crippen molar-refractivity contribution in [3.05, 3.63) is 0 Å². The first-order chi connectivity index (χ1) is 5.04. The molecular weight excluding hydrogens is 188 g/mol. The molecule has 5 N–H and O–H groups in total. The van der Waals surface area contributed by atoms with Gasteiger partial charge in [0, 0.05) is 6.54 Å². The lowest BCUT2D eigenvalue weighted by molar-refractivity contribution is 0.0586. The highest BCUT2D eigenvalue weighted by atomic mass is 33.2. The predicted octanol–water partition coefficient (Wildman–Crippen LogP) is -0.436. The Hall–Kier alpha value is 0.500. The van der Waals surface area contributed by atoms with Crippen molar-refractivity contribution in [3.8, 4) is 0 Å². The highest BCUT2D eigenvalue weighted by Gasteiger charge is 2.51. The topological polar surface area (TPSA) is 84.8 Å². The van der Waals surface area contributed by atoms with Crippen LogP contribution in [0.2, 0.25) is 0 Å². The molecule has 0 saturated carbocycles. The van der Waals surface area contributed by atoms with Gasteiger partial charge in [-0.1, -0.05) is 9.62 Å². The second kappa shape index (κ2) is 2.25. The Morgan fingerprint density at radius 1 is 1.55 bits per heavy atom. The smallest absolute Gasteiger partial charge is 0.232 e. The van der Waals surface area contributed by atoms with E-state index in [1.165, 1.54) is 0 Å². The average molecular weight is 198 g/mol. The van der Waals surface area contributed by atoms with E-state index in [0.717, 1.165) is 10.8 Å². The molecule has 3 aliphatic rings. The number of hydrogen-bond donors (Lipinski definition) is 5. The van der Waals surface area contributed by atoms with Crippen LogP contribution in [-0.2, 0) is 0 Å². The van der Waals surface area contributed by atoms with E-state index in [-0.39, 0.29) is 11.9 Å². The van der Waals surface area contributed by atoms with E-state index in [9.17, 15) is 14.2 Å². The summed E-state index contributed by atoms with van der Waals surface area (Å²) in [7, 11) is -1.92. The molecule has 66 valence electrons. The quantitative estimate of drug-likeness (QED) is 0.339. The third kappa shape index (κ3) is 1.08. The van der Waals surface area contributed by atoms with Gasteiger partial charge in [0.1, 0.15) is 0 Å². The van der Waals surface area contributed by atoms with E-state index in [4.69, 9.17) is 0 Å². The molecule has 2 atom stereocenters. The van der Waals surface area contributed by atoms with Crippen molar-refractivity contribution in [1.29, 1.82) is 0 Å². The van der Waals surface area contributed by atoms with E-state index in [1.807, 2.05) is 0 Å². The van der Waals surface area contributed by atoms with Crippen molar-refractivity contribution in [3.63, 3.8) is 0 Å². The van der Waals surface area contributed by atoms with Gasteiger partial charge in [-0.2, -0.15) is 0 Å². The van der Waals surface area contributed by atoms with Crippen molar-refractivity contribution in [1.82, 2.24) is 10.6 Å². The maximum atomic E-state index is 9.59. The molecule has 3 aliphatic heterocycles. The number of hydrogen-bond acceptors (Lipinski definition) is 6. The van der Waals surface area contributed by atoms with Crippen LogP contribution < -0.4 is 10.6 Å². The zero-order chi connectivity index (χ0) is 8.11. The lowest BCUT2D eigenvalue weighted by Gasteiger charge is -2.55. The highest BCUT2D eigenvalue weighted by Crippen LogP contribution is 2.65. The van der Waals surface area contributed by atoms with E-state index in [0.29, 0.717) is 6.54 Å². The summed E-state index contributed by atoms with van der Waals surface area (Å²) >= 11 is 0. The van der Waals surface area contributed by atoms with Crippen LogP contribution in [0.4, 0.5) is 0 Å². The van der Waals surface area contributed by atoms with Gasteiger partial charge in [0.05, 0.1) is 11.9 Å². The number of nitrogens with one attached hydrogen (secondary N) is 2. The fourth-order valence-electron chi connectivity index (χ4n) is 1.14. The van der Waals surface area contributed by atoms with Crippen LogP contribution in [0.5, 0.6) is 0 Å². The van der Waals surface area contributed by atoms with Crippen molar-refractivity contribution < 1.29 is 14.2 Å². The van der Waals surface area contributed by atoms with E-state index >= 15 is 0 Å². The van der Waals surface area contributed by atoms with E-state index in [2.05, 4.69) is 10.6 Å². The molecule has 0 spiro atoms. The van der Waals surface area contributed by atoms with Crippen LogP contribution in [0.1, 0.15) is 0 Å². The van der Waals surface area contributed by atoms with Crippen molar-refractivity contribution in [2.24, 2.45) is 0 Å². The number of aliphatic hydroxyl groups is 1. The highest BCUT2D eigenvalue weighted by molar-refractivity contribution is 8.90. The van der Waals surface area contributed by atoms with Gasteiger partial charge >= 0.3 is 0 Å². The molecular formula is C4H10N2O3S2. The predicted molar refractivity (Wildman–Crippen MR) is 45.2 cm³/mol. The van der Waals surface area contributed by atoms with E-state index in [1.54, 1.807) is 0 Å². The Bertz CT molecular complexity index is 180. The summed E-state index contributed by atoms with van der Waals surface area (Å²) in [4.78, 5) is 0. The maximum Gasteiger partial charge on any atom is 0.232 e. The van der Waals surface area contributed by atoms with Crippen molar-refractivity contribution in [2.45, 2.75) is 10.4 Å². The third-order valence-corrected chi connectivity index (χ3v) is 6.15. The molecule has 0 radical (unpaired) electrons. The fraction of sp³-hybridized carbons (Fsp3) is 1.00. The minimum absolute atomic E-state index is 0.00836. The van der Waals surface area contributed by atoms with Gasteiger partial charge in [-0.15, -0.1) is 0 Å². The van der Waals surface area contributed by atoms with Crippen molar-refractivity contribution in [2.75, 3.05) is 13.1 Å². The number of rotatable bonds is 0. The van der Waals surface area contributed by atoms with Crippen LogP contribution >= 0.6 is 20.4 Å². The van der Waals surface area contributed by atoms with Crippen LogP contribution in [0.3, 0.4) is 0 Å². The Morgan fingerprint density at radius 3 is 2.55 bits per heavy atom. The number of fused-ring (bicyclic) bond motifs is 3. The summed E-state index contributed by atoms with van der Waals surface area (Å²) in [5.41, 5.74) is 0. The van der Waals surface area contributed by atoms with Gasteiger partial charge in [-0.05, 0) is 10.8 Å². The van der Waals surface area contributed by atoms with Gasteiger partial charge < -0.3 is 5.11 Å². The summed E-state index contributed by atoms with van der Waals surface area (Å²) in [6.45, 7) is 0.768. The molecule has 0 aromatic carbocycles. The molecule has 5 nitrogen and oxygen atoms in total. The summed E-state index contributed by atoms with van der Waals surface area (Å²) in [6, 6.07) is 0. The standard InChI is InChI=1S/C4H10N2O3S2/c7-4-2-5-3(1-6-4)10-11(4,8)9/h3,5-9H,1-2H2. The molecule has 2 bridgehead atoms. The first-order valence-electron chi connectivity index (χ1n) is 3.20. The molecule has 3 heterocycles. The summed E-state index contributed by atoms with van der Waals surface area (Å²) in [5.74, 6) is 0. The largest absolute Gasteiger partial charge is 0.358 e. The fourth-order valence-corrected chi connectivity index (χ4v) is 4.68.